The monoisotopic (exact) mass is 450 g/mol. The normalized spacial score (nSPS) is 12.1. The number of halogens is 1. The quantitative estimate of drug-likeness (QED) is 0.214. The minimum Gasteiger partial charge on any atom is -0.355 e. The number of ketones is 1. The van der Waals surface area contributed by atoms with Gasteiger partial charge in [0.25, 0.3) is 0 Å². The van der Waals surface area contributed by atoms with E-state index in [0.717, 1.165) is 22.5 Å². The molecule has 0 saturated heterocycles. The fourth-order valence-corrected chi connectivity index (χ4v) is 4.45. The lowest BCUT2D eigenvalue weighted by Gasteiger charge is -2.34. The zero-order valence-electron chi connectivity index (χ0n) is 19.3. The minimum absolute atomic E-state index is 0.0619. The first-order valence-corrected chi connectivity index (χ1v) is 11.2. The number of hydrogen-bond acceptors (Lipinski definition) is 3. The standard InChI is InChI=1S/C30H27FN2O/c1-30(2,29(34)22-11-7-4-8-12-22)28(21-9-5-3-6-10-21)23-13-18-27(24(19-23)20-32)33-26-16-14-25(31)15-17-26/h3-20,28,32-33H,1-2H3. The van der Waals surface area contributed by atoms with E-state index in [4.69, 9.17) is 5.41 Å². The van der Waals surface area contributed by atoms with E-state index in [2.05, 4.69) is 5.32 Å². The van der Waals surface area contributed by atoms with Gasteiger partial charge in [0.05, 0.1) is 0 Å². The third-order valence-electron chi connectivity index (χ3n) is 6.16. The lowest BCUT2D eigenvalue weighted by atomic mass is 9.67. The maximum Gasteiger partial charge on any atom is 0.169 e. The number of carbonyl (C=O) groups excluding carboxylic acids is 1. The predicted octanol–water partition coefficient (Wildman–Crippen LogP) is 7.61. The van der Waals surface area contributed by atoms with Gasteiger partial charge in [-0.05, 0) is 47.5 Å². The Kier molecular flexibility index (Phi) is 6.69. The van der Waals surface area contributed by atoms with Gasteiger partial charge in [-0.3, -0.25) is 4.79 Å². The molecule has 0 spiro atoms. The fourth-order valence-electron chi connectivity index (χ4n) is 4.45. The average molecular weight is 451 g/mol. The molecule has 4 heteroatoms. The molecule has 0 fully saturated rings. The van der Waals surface area contributed by atoms with Crippen LogP contribution in [0.1, 0.15) is 46.8 Å². The molecule has 0 saturated carbocycles. The average Bonchev–Trinajstić information content (AvgIpc) is 2.87. The maximum atomic E-state index is 13.7. The maximum absolute atomic E-state index is 13.7. The predicted molar refractivity (Wildman–Crippen MR) is 137 cm³/mol. The third kappa shape index (κ3) is 4.81. The summed E-state index contributed by atoms with van der Waals surface area (Å²) in [6, 6.07) is 31.3. The number of anilines is 2. The Morgan fingerprint density at radius 3 is 2.09 bits per heavy atom. The van der Waals surface area contributed by atoms with E-state index in [9.17, 15) is 9.18 Å². The van der Waals surface area contributed by atoms with Crippen molar-refractivity contribution >= 4 is 23.4 Å². The second kappa shape index (κ2) is 9.84. The van der Waals surface area contributed by atoms with Gasteiger partial charge in [0, 0.05) is 40.0 Å². The minimum atomic E-state index is -0.742. The molecular weight excluding hydrogens is 423 g/mol. The van der Waals surface area contributed by atoms with E-state index >= 15 is 0 Å². The molecule has 0 radical (unpaired) electrons. The first-order chi connectivity index (χ1) is 16.4. The Morgan fingerprint density at radius 2 is 1.47 bits per heavy atom. The van der Waals surface area contributed by atoms with Gasteiger partial charge in [-0.25, -0.2) is 4.39 Å². The number of carbonyl (C=O) groups is 1. The van der Waals surface area contributed by atoms with Crippen LogP contribution in [0, 0.1) is 16.6 Å². The molecule has 1 unspecified atom stereocenters. The molecule has 0 aliphatic rings. The van der Waals surface area contributed by atoms with Crippen LogP contribution in [0.25, 0.3) is 0 Å². The Morgan fingerprint density at radius 1 is 0.853 bits per heavy atom. The molecule has 4 aromatic rings. The number of Topliss-reactive ketones (excluding diaryl/α,β-unsaturated/α-hetero) is 1. The molecule has 0 heterocycles. The van der Waals surface area contributed by atoms with Gasteiger partial charge in [-0.2, -0.15) is 0 Å². The van der Waals surface area contributed by atoms with Crippen LogP contribution in [-0.2, 0) is 0 Å². The Balaban J connectivity index is 1.77. The van der Waals surface area contributed by atoms with Crippen molar-refractivity contribution in [3.05, 3.63) is 131 Å². The second-order valence-corrected chi connectivity index (χ2v) is 8.88. The Bertz CT molecular complexity index is 1280. The van der Waals surface area contributed by atoms with E-state index in [0.29, 0.717) is 11.1 Å². The SMILES string of the molecule is CC(C)(C(=O)c1ccccc1)C(c1ccccc1)c1ccc(Nc2ccc(F)cc2)c(C=N)c1. The van der Waals surface area contributed by atoms with Crippen molar-refractivity contribution in [2.45, 2.75) is 19.8 Å². The summed E-state index contributed by atoms with van der Waals surface area (Å²) in [5, 5.41) is 11.3. The zero-order valence-corrected chi connectivity index (χ0v) is 19.3. The molecular formula is C30H27FN2O. The summed E-state index contributed by atoms with van der Waals surface area (Å²) in [4.78, 5) is 13.7. The van der Waals surface area contributed by atoms with Crippen molar-refractivity contribution in [2.24, 2.45) is 5.41 Å². The Labute approximate surface area is 199 Å². The molecule has 0 aromatic heterocycles. The Hall–Kier alpha value is -4.05. The molecule has 4 aromatic carbocycles. The van der Waals surface area contributed by atoms with E-state index in [1.807, 2.05) is 92.7 Å². The van der Waals surface area contributed by atoms with Gasteiger partial charge in [-0.15, -0.1) is 0 Å². The van der Waals surface area contributed by atoms with E-state index < -0.39 is 5.41 Å². The lowest BCUT2D eigenvalue weighted by molar-refractivity contribution is 0.0816. The van der Waals surface area contributed by atoms with Gasteiger partial charge in [0.2, 0.25) is 0 Å². The number of nitrogens with one attached hydrogen (secondary N) is 2. The van der Waals surface area contributed by atoms with E-state index in [1.165, 1.54) is 18.3 Å². The van der Waals surface area contributed by atoms with Crippen LogP contribution in [0.4, 0.5) is 15.8 Å². The smallest absolute Gasteiger partial charge is 0.169 e. The summed E-state index contributed by atoms with van der Waals surface area (Å²) in [6.45, 7) is 3.96. The molecule has 34 heavy (non-hydrogen) atoms. The number of rotatable bonds is 8. The van der Waals surface area contributed by atoms with E-state index in [-0.39, 0.29) is 17.5 Å². The van der Waals surface area contributed by atoms with Crippen molar-refractivity contribution in [1.29, 1.82) is 5.41 Å². The van der Waals surface area contributed by atoms with Gasteiger partial charge in [0.15, 0.2) is 5.78 Å². The summed E-state index contributed by atoms with van der Waals surface area (Å²) in [6.07, 6.45) is 1.30. The summed E-state index contributed by atoms with van der Waals surface area (Å²) in [7, 11) is 0. The van der Waals surface area contributed by atoms with Gasteiger partial charge >= 0.3 is 0 Å². The molecule has 3 nitrogen and oxygen atoms in total. The van der Waals surface area contributed by atoms with Crippen LogP contribution in [-0.4, -0.2) is 12.0 Å². The molecule has 0 bridgehead atoms. The summed E-state index contributed by atoms with van der Waals surface area (Å²) >= 11 is 0. The first kappa shape index (κ1) is 23.1. The molecule has 0 aliphatic carbocycles. The first-order valence-electron chi connectivity index (χ1n) is 11.2. The van der Waals surface area contributed by atoms with Crippen molar-refractivity contribution in [3.8, 4) is 0 Å². The summed E-state index contributed by atoms with van der Waals surface area (Å²) < 4.78 is 13.3. The third-order valence-corrected chi connectivity index (χ3v) is 6.16. The molecule has 2 N–H and O–H groups in total. The van der Waals surface area contributed by atoms with Crippen molar-refractivity contribution in [2.75, 3.05) is 5.32 Å². The highest BCUT2D eigenvalue weighted by Gasteiger charge is 2.39. The van der Waals surface area contributed by atoms with E-state index in [1.54, 1.807) is 12.1 Å². The molecule has 170 valence electrons. The van der Waals surface area contributed by atoms with Gasteiger partial charge < -0.3 is 10.7 Å². The molecule has 4 rings (SSSR count). The number of hydrogen-bond donors (Lipinski definition) is 2. The van der Waals surface area contributed by atoms with Crippen LogP contribution in [0.3, 0.4) is 0 Å². The summed E-state index contributed by atoms with van der Waals surface area (Å²) in [5.41, 5.74) is 4.07. The van der Waals surface area contributed by atoms with Crippen LogP contribution in [0.5, 0.6) is 0 Å². The molecule has 0 amide bonds. The number of benzene rings is 4. The highest BCUT2D eigenvalue weighted by atomic mass is 19.1. The largest absolute Gasteiger partial charge is 0.355 e. The second-order valence-electron chi connectivity index (χ2n) is 8.88. The molecule has 0 aliphatic heterocycles. The lowest BCUT2D eigenvalue weighted by Crippen LogP contribution is -2.32. The van der Waals surface area contributed by atoms with Crippen LogP contribution in [0.15, 0.2) is 103 Å². The highest BCUT2D eigenvalue weighted by molar-refractivity contribution is 6.01. The van der Waals surface area contributed by atoms with Crippen molar-refractivity contribution in [3.63, 3.8) is 0 Å². The van der Waals surface area contributed by atoms with Crippen molar-refractivity contribution < 1.29 is 9.18 Å². The van der Waals surface area contributed by atoms with Gasteiger partial charge in [-0.1, -0.05) is 80.6 Å². The highest BCUT2D eigenvalue weighted by Crippen LogP contribution is 2.44. The zero-order chi connectivity index (χ0) is 24.1. The van der Waals surface area contributed by atoms with Gasteiger partial charge in [0.1, 0.15) is 5.82 Å². The van der Waals surface area contributed by atoms with Crippen LogP contribution in [0.2, 0.25) is 0 Å². The fraction of sp³-hybridized carbons (Fsp3) is 0.133. The summed E-state index contributed by atoms with van der Waals surface area (Å²) in [5.74, 6) is -0.462. The van der Waals surface area contributed by atoms with Crippen LogP contribution >= 0.6 is 0 Å². The topological polar surface area (TPSA) is 53.0 Å². The van der Waals surface area contributed by atoms with Crippen LogP contribution < -0.4 is 5.32 Å². The molecule has 1 atom stereocenters. The van der Waals surface area contributed by atoms with Crippen molar-refractivity contribution in [1.82, 2.24) is 0 Å².